The molecule has 0 fully saturated rings. The van der Waals surface area contributed by atoms with Crippen molar-refractivity contribution < 1.29 is 19.1 Å². The van der Waals surface area contributed by atoms with Crippen molar-refractivity contribution in [1.29, 1.82) is 0 Å². The van der Waals surface area contributed by atoms with Gasteiger partial charge in [-0.05, 0) is 53.0 Å². The third-order valence-corrected chi connectivity index (χ3v) is 4.68. The fraction of sp³-hybridized carbons (Fsp3) is 0.348. The van der Waals surface area contributed by atoms with Crippen LogP contribution in [0.1, 0.15) is 41.5 Å². The molecule has 0 saturated heterocycles. The van der Waals surface area contributed by atoms with E-state index in [0.29, 0.717) is 16.4 Å². The molecule has 8 heteroatoms. The Morgan fingerprint density at radius 2 is 1.55 bits per heavy atom. The topological polar surface area (TPSA) is 95.3 Å². The molecule has 0 atom stereocenters. The van der Waals surface area contributed by atoms with E-state index in [-0.39, 0.29) is 5.39 Å². The van der Waals surface area contributed by atoms with E-state index in [1.807, 2.05) is 18.3 Å². The van der Waals surface area contributed by atoms with Crippen molar-refractivity contribution in [1.82, 2.24) is 14.1 Å². The molecule has 0 saturated carbocycles. The van der Waals surface area contributed by atoms with Crippen molar-refractivity contribution in [3.05, 3.63) is 47.1 Å². The number of pyridine rings is 1. The summed E-state index contributed by atoms with van der Waals surface area (Å²) in [5, 5.41) is 2.47. The van der Waals surface area contributed by atoms with Gasteiger partial charge in [0.2, 0.25) is 0 Å². The maximum Gasteiger partial charge on any atom is 0.421 e. The first-order valence-corrected chi connectivity index (χ1v) is 9.99. The standard InChI is InChI=1S/C23H25N3O5/c1-22(2,3)30-20(28)25-12-16-17(19(25)27)15-8-7-13-11-24-10-9-14(13)18(15)26(16)21(29)31-23(4,5)6/h7-12,24H,1-6H3. The van der Waals surface area contributed by atoms with Gasteiger partial charge in [-0.25, -0.2) is 18.7 Å². The van der Waals surface area contributed by atoms with Gasteiger partial charge >= 0.3 is 12.2 Å². The van der Waals surface area contributed by atoms with Gasteiger partial charge in [0.1, 0.15) is 11.2 Å². The lowest BCUT2D eigenvalue weighted by Crippen LogP contribution is -2.31. The highest BCUT2D eigenvalue weighted by atomic mass is 16.6. The highest BCUT2D eigenvalue weighted by molar-refractivity contribution is 6.21. The Morgan fingerprint density at radius 1 is 0.903 bits per heavy atom. The molecule has 4 rings (SSSR count). The van der Waals surface area contributed by atoms with E-state index in [2.05, 4.69) is 4.98 Å². The minimum absolute atomic E-state index is 0.265. The monoisotopic (exact) mass is 423 g/mol. The zero-order valence-corrected chi connectivity index (χ0v) is 18.4. The molecule has 1 N–H and O–H groups in total. The van der Waals surface area contributed by atoms with E-state index < -0.39 is 28.9 Å². The summed E-state index contributed by atoms with van der Waals surface area (Å²) in [4.78, 5) is 42.1. The van der Waals surface area contributed by atoms with E-state index in [1.165, 1.54) is 10.8 Å². The molecule has 1 aromatic carbocycles. The smallest absolute Gasteiger partial charge is 0.421 e. The van der Waals surface area contributed by atoms with Gasteiger partial charge < -0.3 is 14.5 Å². The predicted octanol–water partition coefficient (Wildman–Crippen LogP) is 5.00. The molecular weight excluding hydrogens is 398 g/mol. The van der Waals surface area contributed by atoms with Crippen molar-refractivity contribution in [2.45, 2.75) is 52.7 Å². The van der Waals surface area contributed by atoms with Gasteiger partial charge in [0.25, 0.3) is 5.56 Å². The summed E-state index contributed by atoms with van der Waals surface area (Å²) in [6.45, 7) is 10.5. The zero-order valence-electron chi connectivity index (χ0n) is 18.4. The number of aromatic amines is 1. The molecule has 0 bridgehead atoms. The Kier molecular flexibility index (Phi) is 4.50. The molecule has 0 aliphatic carbocycles. The maximum absolute atomic E-state index is 13.2. The van der Waals surface area contributed by atoms with Crippen LogP contribution < -0.4 is 5.56 Å². The van der Waals surface area contributed by atoms with Crippen LogP contribution in [0.2, 0.25) is 0 Å². The molecular formula is C23H25N3O5. The van der Waals surface area contributed by atoms with Crippen molar-refractivity contribution in [3.8, 4) is 0 Å². The molecule has 4 aromatic rings. The van der Waals surface area contributed by atoms with E-state index in [9.17, 15) is 14.4 Å². The zero-order chi connectivity index (χ0) is 22.7. The van der Waals surface area contributed by atoms with E-state index >= 15 is 0 Å². The Bertz CT molecular complexity index is 1410. The van der Waals surface area contributed by atoms with Crippen molar-refractivity contribution >= 4 is 44.8 Å². The van der Waals surface area contributed by atoms with Crippen LogP contribution in [0.4, 0.5) is 9.59 Å². The van der Waals surface area contributed by atoms with Gasteiger partial charge in [0.15, 0.2) is 0 Å². The number of nitrogens with one attached hydrogen (secondary N) is 1. The number of hydrogen-bond acceptors (Lipinski definition) is 5. The number of nitrogens with zero attached hydrogens (tertiary/aromatic N) is 2. The number of carbonyl (C=O) groups excluding carboxylic acids is 2. The molecule has 162 valence electrons. The lowest BCUT2D eigenvalue weighted by atomic mass is 10.1. The number of aromatic nitrogens is 3. The highest BCUT2D eigenvalue weighted by Crippen LogP contribution is 2.33. The normalized spacial score (nSPS) is 12.6. The Labute approximate surface area is 178 Å². The molecule has 0 spiro atoms. The van der Waals surface area contributed by atoms with Gasteiger partial charge in [-0.3, -0.25) is 4.79 Å². The molecule has 3 heterocycles. The van der Waals surface area contributed by atoms with Crippen LogP contribution in [-0.2, 0) is 9.47 Å². The summed E-state index contributed by atoms with van der Waals surface area (Å²) in [5.74, 6) is 0. The minimum atomic E-state index is -0.798. The van der Waals surface area contributed by atoms with Crippen molar-refractivity contribution in [2.24, 2.45) is 0 Å². The SMILES string of the molecule is CC(C)(C)OC(=O)n1cc2c(c1=O)c1ccc3c[nH]ccc3c1n2C(=O)OC(C)(C)C. The summed E-state index contributed by atoms with van der Waals surface area (Å²) in [5.41, 5.74) is -1.21. The summed E-state index contributed by atoms with van der Waals surface area (Å²) < 4.78 is 13.3. The summed E-state index contributed by atoms with van der Waals surface area (Å²) in [6.07, 6.45) is 3.47. The second-order valence-electron chi connectivity index (χ2n) is 9.47. The number of hydrogen-bond donors (Lipinski definition) is 1. The van der Waals surface area contributed by atoms with E-state index in [4.69, 9.17) is 9.47 Å². The van der Waals surface area contributed by atoms with Crippen LogP contribution in [0.15, 0.2) is 41.6 Å². The molecule has 3 aromatic heterocycles. The summed E-state index contributed by atoms with van der Waals surface area (Å²) in [6, 6.07) is 5.47. The molecule has 0 aliphatic rings. The summed E-state index contributed by atoms with van der Waals surface area (Å²) >= 11 is 0. The fourth-order valence-corrected chi connectivity index (χ4v) is 3.60. The second kappa shape index (κ2) is 6.73. The van der Waals surface area contributed by atoms with Crippen LogP contribution in [0.3, 0.4) is 0 Å². The van der Waals surface area contributed by atoms with Crippen molar-refractivity contribution in [2.75, 3.05) is 0 Å². The number of benzene rings is 1. The second-order valence-corrected chi connectivity index (χ2v) is 9.47. The van der Waals surface area contributed by atoms with Gasteiger partial charge in [0, 0.05) is 29.4 Å². The third-order valence-electron chi connectivity index (χ3n) is 4.68. The number of fused-ring (bicyclic) bond motifs is 5. The van der Waals surface area contributed by atoms with Crippen LogP contribution >= 0.6 is 0 Å². The Morgan fingerprint density at radius 3 is 2.19 bits per heavy atom. The fourth-order valence-electron chi connectivity index (χ4n) is 3.60. The number of rotatable bonds is 0. The average Bonchev–Trinajstić information content (AvgIpc) is 3.13. The van der Waals surface area contributed by atoms with Gasteiger partial charge in [-0.15, -0.1) is 0 Å². The third kappa shape index (κ3) is 3.58. The molecule has 0 aliphatic heterocycles. The van der Waals surface area contributed by atoms with Gasteiger partial charge in [-0.1, -0.05) is 12.1 Å². The maximum atomic E-state index is 13.2. The van der Waals surface area contributed by atoms with Crippen LogP contribution in [0.25, 0.3) is 32.6 Å². The molecule has 31 heavy (non-hydrogen) atoms. The Balaban J connectivity index is 2.07. The highest BCUT2D eigenvalue weighted by Gasteiger charge is 2.28. The number of carbonyl (C=O) groups is 2. The first kappa shape index (κ1) is 20.7. The first-order valence-electron chi connectivity index (χ1n) is 9.99. The average molecular weight is 423 g/mol. The lowest BCUT2D eigenvalue weighted by Gasteiger charge is -2.20. The van der Waals surface area contributed by atoms with E-state index in [1.54, 1.807) is 53.8 Å². The largest absolute Gasteiger partial charge is 0.443 e. The summed E-state index contributed by atoms with van der Waals surface area (Å²) in [7, 11) is 0. The molecule has 0 unspecified atom stereocenters. The quantitative estimate of drug-likeness (QED) is 0.429. The van der Waals surface area contributed by atoms with Crippen LogP contribution in [-0.4, -0.2) is 37.5 Å². The van der Waals surface area contributed by atoms with Crippen LogP contribution in [0, 0.1) is 0 Å². The van der Waals surface area contributed by atoms with Gasteiger partial charge in [-0.2, -0.15) is 0 Å². The molecule has 8 nitrogen and oxygen atoms in total. The number of ether oxygens (including phenoxy) is 2. The van der Waals surface area contributed by atoms with Crippen LogP contribution in [0.5, 0.6) is 0 Å². The first-order chi connectivity index (χ1) is 14.4. The number of H-pyrrole nitrogens is 1. The molecule has 0 amide bonds. The predicted molar refractivity (Wildman–Crippen MR) is 119 cm³/mol. The lowest BCUT2D eigenvalue weighted by molar-refractivity contribution is 0.0523. The van der Waals surface area contributed by atoms with Crippen molar-refractivity contribution in [3.63, 3.8) is 0 Å². The Hall–Kier alpha value is -3.55. The molecule has 0 radical (unpaired) electrons. The van der Waals surface area contributed by atoms with Gasteiger partial charge in [0.05, 0.1) is 16.4 Å². The minimum Gasteiger partial charge on any atom is -0.443 e. The van der Waals surface area contributed by atoms with E-state index in [0.717, 1.165) is 15.3 Å².